The molecule has 0 bridgehead atoms. The minimum Gasteiger partial charge on any atom is -0.322 e. The van der Waals surface area contributed by atoms with Gasteiger partial charge in [0.1, 0.15) is 5.82 Å². The van der Waals surface area contributed by atoms with Crippen LogP contribution in [0.2, 0.25) is 5.02 Å². The number of hydrogen-bond donors (Lipinski definition) is 0. The van der Waals surface area contributed by atoms with Crippen molar-refractivity contribution in [3.63, 3.8) is 0 Å². The number of rotatable bonds is 4. The van der Waals surface area contributed by atoms with Crippen molar-refractivity contribution in [1.82, 2.24) is 9.55 Å². The fourth-order valence-electron chi connectivity index (χ4n) is 3.25. The Bertz CT molecular complexity index is 611. The lowest BCUT2D eigenvalue weighted by atomic mass is 10.2. The molecule has 1 aromatic carbocycles. The Balaban J connectivity index is 2.17. The van der Waals surface area contributed by atoms with Crippen molar-refractivity contribution in [1.29, 1.82) is 0 Å². The van der Waals surface area contributed by atoms with Gasteiger partial charge in [0.2, 0.25) is 0 Å². The van der Waals surface area contributed by atoms with Crippen molar-refractivity contribution in [3.05, 3.63) is 29.0 Å². The third-order valence-electron chi connectivity index (χ3n) is 4.10. The Morgan fingerprint density at radius 3 is 3.00 bits per heavy atom. The van der Waals surface area contributed by atoms with Gasteiger partial charge in [-0.3, -0.25) is 0 Å². The number of alkyl halides is 1. The van der Waals surface area contributed by atoms with Crippen molar-refractivity contribution < 1.29 is 0 Å². The highest BCUT2D eigenvalue weighted by molar-refractivity contribution is 7.99. The van der Waals surface area contributed by atoms with E-state index in [0.717, 1.165) is 28.3 Å². The standard InChI is InChI=1S/C15H18Cl2N2S/c1-20-13-7-3-6-12(13)19-14(8-9-16)18-11-5-2-4-10(17)15(11)19/h2,4-5,12-13H,3,6-9H2,1H3. The van der Waals surface area contributed by atoms with Gasteiger partial charge in [0, 0.05) is 23.6 Å². The second kappa shape index (κ2) is 6.17. The minimum atomic E-state index is 0.494. The van der Waals surface area contributed by atoms with E-state index in [1.165, 1.54) is 19.3 Å². The van der Waals surface area contributed by atoms with Crippen molar-refractivity contribution >= 4 is 46.0 Å². The van der Waals surface area contributed by atoms with E-state index < -0.39 is 0 Å². The number of benzene rings is 1. The summed E-state index contributed by atoms with van der Waals surface area (Å²) in [6.07, 6.45) is 6.75. The minimum absolute atomic E-state index is 0.494. The van der Waals surface area contributed by atoms with Crippen LogP contribution in [-0.2, 0) is 6.42 Å². The van der Waals surface area contributed by atoms with Crippen LogP contribution in [0.1, 0.15) is 31.1 Å². The summed E-state index contributed by atoms with van der Waals surface area (Å²) >= 11 is 14.4. The second-order valence-electron chi connectivity index (χ2n) is 5.22. The summed E-state index contributed by atoms with van der Waals surface area (Å²) in [5.74, 6) is 1.67. The van der Waals surface area contributed by atoms with Gasteiger partial charge in [0.15, 0.2) is 0 Å². The predicted octanol–water partition coefficient (Wildman–Crippen LogP) is 4.93. The number of thioether (sulfide) groups is 1. The lowest BCUT2D eigenvalue weighted by molar-refractivity contribution is 0.522. The second-order valence-corrected chi connectivity index (χ2v) is 7.08. The van der Waals surface area contributed by atoms with Gasteiger partial charge in [-0.2, -0.15) is 11.8 Å². The molecule has 0 N–H and O–H groups in total. The number of aromatic nitrogens is 2. The lowest BCUT2D eigenvalue weighted by Gasteiger charge is -2.22. The van der Waals surface area contributed by atoms with Gasteiger partial charge in [-0.1, -0.05) is 24.1 Å². The monoisotopic (exact) mass is 328 g/mol. The Kier molecular flexibility index (Phi) is 4.49. The maximum Gasteiger partial charge on any atom is 0.111 e. The topological polar surface area (TPSA) is 17.8 Å². The smallest absolute Gasteiger partial charge is 0.111 e. The zero-order valence-corrected chi connectivity index (χ0v) is 13.8. The van der Waals surface area contributed by atoms with E-state index in [1.807, 2.05) is 30.0 Å². The third kappa shape index (κ3) is 2.44. The summed E-state index contributed by atoms with van der Waals surface area (Å²) in [6.45, 7) is 0. The summed E-state index contributed by atoms with van der Waals surface area (Å²) in [4.78, 5) is 4.76. The molecule has 0 aliphatic heterocycles. The zero-order chi connectivity index (χ0) is 14.1. The molecule has 1 aromatic heterocycles. The molecule has 3 rings (SSSR count). The van der Waals surface area contributed by atoms with E-state index in [1.54, 1.807) is 0 Å². The average Bonchev–Trinajstić information content (AvgIpc) is 3.02. The van der Waals surface area contributed by atoms with Crippen molar-refractivity contribution in [3.8, 4) is 0 Å². The van der Waals surface area contributed by atoms with Crippen LogP contribution in [0, 0.1) is 0 Å². The van der Waals surface area contributed by atoms with Gasteiger partial charge in [-0.15, -0.1) is 11.6 Å². The molecular formula is C15H18Cl2N2S. The van der Waals surface area contributed by atoms with Crippen molar-refractivity contribution in [2.75, 3.05) is 12.1 Å². The molecule has 0 spiro atoms. The SMILES string of the molecule is CSC1CCCC1n1c(CCCl)nc2cccc(Cl)c21. The normalized spacial score (nSPS) is 22.8. The first-order chi connectivity index (χ1) is 9.76. The number of halogens is 2. The molecule has 20 heavy (non-hydrogen) atoms. The summed E-state index contributed by atoms with van der Waals surface area (Å²) in [5.41, 5.74) is 2.07. The summed E-state index contributed by atoms with van der Waals surface area (Å²) < 4.78 is 2.37. The molecule has 2 atom stereocenters. The molecule has 1 aliphatic rings. The molecule has 1 fully saturated rings. The molecule has 0 amide bonds. The molecule has 5 heteroatoms. The van der Waals surface area contributed by atoms with E-state index in [9.17, 15) is 0 Å². The Hall–Kier alpha value is -0.380. The first-order valence-corrected chi connectivity index (χ1v) is 9.20. The van der Waals surface area contributed by atoms with Crippen LogP contribution in [0.5, 0.6) is 0 Å². The first kappa shape index (κ1) is 14.6. The van der Waals surface area contributed by atoms with Crippen LogP contribution in [-0.4, -0.2) is 26.9 Å². The van der Waals surface area contributed by atoms with Crippen LogP contribution in [0.4, 0.5) is 0 Å². The van der Waals surface area contributed by atoms with Crippen LogP contribution in [0.3, 0.4) is 0 Å². The van der Waals surface area contributed by atoms with Gasteiger partial charge in [0.25, 0.3) is 0 Å². The summed E-state index contributed by atoms with van der Waals surface area (Å²) in [7, 11) is 0. The fraction of sp³-hybridized carbons (Fsp3) is 0.533. The van der Waals surface area contributed by atoms with Crippen molar-refractivity contribution in [2.45, 2.75) is 37.0 Å². The zero-order valence-electron chi connectivity index (χ0n) is 11.5. The van der Waals surface area contributed by atoms with Gasteiger partial charge in [-0.05, 0) is 31.2 Å². The highest BCUT2D eigenvalue weighted by atomic mass is 35.5. The molecular weight excluding hydrogens is 311 g/mol. The number of fused-ring (bicyclic) bond motifs is 1. The first-order valence-electron chi connectivity index (χ1n) is 7.00. The summed E-state index contributed by atoms with van der Waals surface area (Å²) in [6, 6.07) is 6.45. The third-order valence-corrected chi connectivity index (χ3v) is 5.75. The fourth-order valence-corrected chi connectivity index (χ4v) is 4.65. The van der Waals surface area contributed by atoms with Crippen LogP contribution < -0.4 is 0 Å². The van der Waals surface area contributed by atoms with Gasteiger partial charge in [-0.25, -0.2) is 4.98 Å². The van der Waals surface area contributed by atoms with E-state index in [2.05, 4.69) is 10.8 Å². The molecule has 1 heterocycles. The molecule has 1 saturated carbocycles. The maximum absolute atomic E-state index is 6.44. The van der Waals surface area contributed by atoms with Crippen LogP contribution >= 0.6 is 35.0 Å². The van der Waals surface area contributed by atoms with Crippen molar-refractivity contribution in [2.24, 2.45) is 0 Å². The predicted molar refractivity (Wildman–Crippen MR) is 89.4 cm³/mol. The number of aryl methyl sites for hydroxylation is 1. The molecule has 1 aliphatic carbocycles. The highest BCUT2D eigenvalue weighted by Gasteiger charge is 2.31. The number of imidazole rings is 1. The number of nitrogens with zero attached hydrogens (tertiary/aromatic N) is 2. The molecule has 2 aromatic rings. The van der Waals surface area contributed by atoms with Gasteiger partial charge < -0.3 is 4.57 Å². The van der Waals surface area contributed by atoms with Crippen LogP contribution in [0.15, 0.2) is 18.2 Å². The number of para-hydroxylation sites is 1. The Morgan fingerprint density at radius 1 is 1.40 bits per heavy atom. The van der Waals surface area contributed by atoms with E-state index in [4.69, 9.17) is 28.2 Å². The highest BCUT2D eigenvalue weighted by Crippen LogP contribution is 2.41. The molecule has 2 unspecified atom stereocenters. The van der Waals surface area contributed by atoms with E-state index in [-0.39, 0.29) is 0 Å². The number of hydrogen-bond acceptors (Lipinski definition) is 2. The van der Waals surface area contributed by atoms with Crippen LogP contribution in [0.25, 0.3) is 11.0 Å². The van der Waals surface area contributed by atoms with E-state index in [0.29, 0.717) is 17.2 Å². The molecule has 0 radical (unpaired) electrons. The molecule has 108 valence electrons. The average molecular weight is 329 g/mol. The summed E-state index contributed by atoms with van der Waals surface area (Å²) in [5, 5.41) is 1.44. The molecule has 0 saturated heterocycles. The Labute approximate surface area is 133 Å². The largest absolute Gasteiger partial charge is 0.322 e. The van der Waals surface area contributed by atoms with E-state index >= 15 is 0 Å². The lowest BCUT2D eigenvalue weighted by Crippen LogP contribution is -2.18. The van der Waals surface area contributed by atoms with Gasteiger partial charge >= 0.3 is 0 Å². The maximum atomic E-state index is 6.44. The molecule has 2 nitrogen and oxygen atoms in total. The van der Waals surface area contributed by atoms with Gasteiger partial charge in [0.05, 0.1) is 16.1 Å². The quantitative estimate of drug-likeness (QED) is 0.740. The Morgan fingerprint density at radius 2 is 2.25 bits per heavy atom.